The zero-order chi connectivity index (χ0) is 14.1. The number of ether oxygens (including phenoxy) is 1. The maximum absolute atomic E-state index is 5.40. The van der Waals surface area contributed by atoms with Gasteiger partial charge in [-0.15, -0.1) is 0 Å². The molecule has 2 bridgehead atoms. The molecule has 2 aliphatic rings. The largest absolute Gasteiger partial charge is 0.467 e. The molecule has 2 aliphatic heterocycles. The van der Waals surface area contributed by atoms with Crippen LogP contribution in [0, 0.1) is 0 Å². The van der Waals surface area contributed by atoms with Crippen LogP contribution in [0.15, 0.2) is 0 Å². The number of aromatic nitrogens is 3. The summed E-state index contributed by atoms with van der Waals surface area (Å²) in [6.07, 6.45) is 3.67. The number of fused-ring (bicyclic) bond motifs is 2. The van der Waals surface area contributed by atoms with E-state index < -0.39 is 0 Å². The van der Waals surface area contributed by atoms with E-state index in [-0.39, 0.29) is 6.01 Å². The smallest absolute Gasteiger partial charge is 0.322 e. The fourth-order valence-corrected chi connectivity index (χ4v) is 3.13. The second-order valence-corrected chi connectivity index (χ2v) is 5.38. The fraction of sp³-hybridized carbons (Fsp3) is 0.750. The zero-order valence-corrected chi connectivity index (χ0v) is 11.9. The molecule has 20 heavy (non-hydrogen) atoms. The van der Waals surface area contributed by atoms with Crippen molar-refractivity contribution in [1.82, 2.24) is 19.9 Å². The molecular formula is C12H21N7O. The van der Waals surface area contributed by atoms with Gasteiger partial charge in [0.1, 0.15) is 0 Å². The van der Waals surface area contributed by atoms with E-state index in [9.17, 15) is 0 Å². The molecular weight excluding hydrogens is 258 g/mol. The van der Waals surface area contributed by atoms with E-state index in [0.29, 0.717) is 24.0 Å². The van der Waals surface area contributed by atoms with Gasteiger partial charge in [-0.1, -0.05) is 0 Å². The number of rotatable bonds is 3. The lowest BCUT2D eigenvalue weighted by Gasteiger charge is -2.25. The molecule has 1 aromatic rings. The van der Waals surface area contributed by atoms with Crippen LogP contribution >= 0.6 is 0 Å². The van der Waals surface area contributed by atoms with Crippen LogP contribution in [-0.2, 0) is 0 Å². The topological polar surface area (TPSA) is 92.4 Å². The number of nitrogens with two attached hydrogens (primary N) is 1. The normalized spacial score (nSPS) is 26.4. The van der Waals surface area contributed by atoms with Crippen molar-refractivity contribution in [3.63, 3.8) is 0 Å². The van der Waals surface area contributed by atoms with Crippen LogP contribution in [0.3, 0.4) is 0 Å². The predicted molar refractivity (Wildman–Crippen MR) is 75.6 cm³/mol. The Labute approximate surface area is 118 Å². The molecule has 8 heteroatoms. The molecule has 2 fully saturated rings. The van der Waals surface area contributed by atoms with E-state index >= 15 is 0 Å². The Morgan fingerprint density at radius 3 is 2.75 bits per heavy atom. The number of nitrogens with zero attached hydrogens (tertiary/aromatic N) is 5. The highest BCUT2D eigenvalue weighted by atomic mass is 16.5. The molecule has 0 aliphatic carbocycles. The van der Waals surface area contributed by atoms with Gasteiger partial charge < -0.3 is 9.64 Å². The van der Waals surface area contributed by atoms with Crippen molar-refractivity contribution in [2.75, 3.05) is 37.6 Å². The Hall–Kier alpha value is -1.67. The fourth-order valence-electron chi connectivity index (χ4n) is 3.13. The minimum absolute atomic E-state index is 0.283. The minimum Gasteiger partial charge on any atom is -0.467 e. The lowest BCUT2D eigenvalue weighted by Crippen LogP contribution is -2.37. The summed E-state index contributed by atoms with van der Waals surface area (Å²) in [4.78, 5) is 17.4. The van der Waals surface area contributed by atoms with Gasteiger partial charge in [-0.05, 0) is 26.3 Å². The highest BCUT2D eigenvalue weighted by molar-refractivity contribution is 5.38. The summed E-state index contributed by atoms with van der Waals surface area (Å²) >= 11 is 0. The van der Waals surface area contributed by atoms with Crippen molar-refractivity contribution in [3.05, 3.63) is 0 Å². The average molecular weight is 279 g/mol. The standard InChI is InChI=1S/C12H21N7O/c1-18-8-3-4-9(18)7-19(6-5-8)11-14-10(17-13)15-12(16-11)20-2/h8-9H,3-7,13H2,1-2H3,(H,14,15,16,17). The van der Waals surface area contributed by atoms with E-state index in [4.69, 9.17) is 10.6 Å². The van der Waals surface area contributed by atoms with Crippen LogP contribution in [0.2, 0.25) is 0 Å². The van der Waals surface area contributed by atoms with Gasteiger partial charge in [-0.3, -0.25) is 10.3 Å². The zero-order valence-electron chi connectivity index (χ0n) is 11.9. The van der Waals surface area contributed by atoms with Gasteiger partial charge in [0.05, 0.1) is 7.11 Å². The molecule has 3 rings (SSSR count). The van der Waals surface area contributed by atoms with E-state index in [0.717, 1.165) is 19.5 Å². The van der Waals surface area contributed by atoms with Gasteiger partial charge >= 0.3 is 6.01 Å². The van der Waals surface area contributed by atoms with Crippen LogP contribution in [0.4, 0.5) is 11.9 Å². The Kier molecular flexibility index (Phi) is 3.58. The molecule has 2 unspecified atom stereocenters. The third-order valence-corrected chi connectivity index (χ3v) is 4.35. The molecule has 110 valence electrons. The highest BCUT2D eigenvalue weighted by Crippen LogP contribution is 2.30. The lowest BCUT2D eigenvalue weighted by molar-refractivity contribution is 0.254. The summed E-state index contributed by atoms with van der Waals surface area (Å²) in [5.41, 5.74) is 2.46. The van der Waals surface area contributed by atoms with Crippen LogP contribution in [0.25, 0.3) is 0 Å². The second kappa shape index (κ2) is 5.37. The van der Waals surface area contributed by atoms with Crippen LogP contribution in [0.5, 0.6) is 6.01 Å². The summed E-state index contributed by atoms with van der Waals surface area (Å²) < 4.78 is 5.11. The number of anilines is 2. The highest BCUT2D eigenvalue weighted by Gasteiger charge is 2.35. The first-order chi connectivity index (χ1) is 9.71. The Morgan fingerprint density at radius 1 is 1.20 bits per heavy atom. The summed E-state index contributed by atoms with van der Waals surface area (Å²) in [5.74, 6) is 6.36. The van der Waals surface area contributed by atoms with Crippen molar-refractivity contribution >= 4 is 11.9 Å². The Bertz CT molecular complexity index is 461. The van der Waals surface area contributed by atoms with Crippen molar-refractivity contribution in [1.29, 1.82) is 0 Å². The third kappa shape index (κ3) is 2.36. The number of methoxy groups -OCH3 is 1. The molecule has 0 radical (unpaired) electrons. The molecule has 2 atom stereocenters. The van der Waals surface area contributed by atoms with Gasteiger partial charge in [0.2, 0.25) is 11.9 Å². The van der Waals surface area contributed by atoms with Gasteiger partial charge in [0.15, 0.2) is 0 Å². The van der Waals surface area contributed by atoms with Crippen molar-refractivity contribution in [3.8, 4) is 6.01 Å². The van der Waals surface area contributed by atoms with E-state index in [1.54, 1.807) is 0 Å². The molecule has 0 aromatic carbocycles. The molecule has 0 amide bonds. The Morgan fingerprint density at radius 2 is 2.00 bits per heavy atom. The van der Waals surface area contributed by atoms with Gasteiger partial charge in [-0.2, -0.15) is 15.0 Å². The summed E-state index contributed by atoms with van der Waals surface area (Å²) in [6.45, 7) is 1.88. The van der Waals surface area contributed by atoms with Crippen LogP contribution < -0.4 is 20.9 Å². The Balaban J connectivity index is 1.85. The first kappa shape index (κ1) is 13.3. The van der Waals surface area contributed by atoms with Crippen LogP contribution in [-0.4, -0.2) is 59.2 Å². The van der Waals surface area contributed by atoms with Gasteiger partial charge in [0, 0.05) is 25.2 Å². The quantitative estimate of drug-likeness (QED) is 0.582. The van der Waals surface area contributed by atoms with Crippen molar-refractivity contribution in [2.45, 2.75) is 31.3 Å². The monoisotopic (exact) mass is 279 g/mol. The molecule has 3 heterocycles. The first-order valence-corrected chi connectivity index (χ1v) is 6.95. The number of hydrogen-bond donors (Lipinski definition) is 2. The maximum Gasteiger partial charge on any atom is 0.322 e. The SMILES string of the molecule is COc1nc(NN)nc(N2CCC3CCC(C2)N3C)n1. The van der Waals surface area contributed by atoms with Gasteiger partial charge in [0.25, 0.3) is 0 Å². The molecule has 1 aromatic heterocycles. The summed E-state index contributed by atoms with van der Waals surface area (Å²) in [7, 11) is 3.75. The lowest BCUT2D eigenvalue weighted by atomic mass is 10.1. The van der Waals surface area contributed by atoms with Gasteiger partial charge in [-0.25, -0.2) is 5.84 Å². The van der Waals surface area contributed by atoms with E-state index in [1.807, 2.05) is 0 Å². The number of likely N-dealkylation sites (N-methyl/N-ethyl adjacent to an activating group) is 1. The summed E-state index contributed by atoms with van der Waals surface area (Å²) in [6, 6.07) is 1.53. The maximum atomic E-state index is 5.40. The number of nitrogen functional groups attached to an aromatic ring is 1. The molecule has 0 spiro atoms. The van der Waals surface area contributed by atoms with Crippen LogP contribution in [0.1, 0.15) is 19.3 Å². The van der Waals surface area contributed by atoms with E-state index in [2.05, 4.69) is 37.2 Å². The predicted octanol–water partition coefficient (Wildman–Crippen LogP) is -0.161. The number of hydrogen-bond acceptors (Lipinski definition) is 8. The van der Waals surface area contributed by atoms with Crippen molar-refractivity contribution in [2.24, 2.45) is 5.84 Å². The molecule has 8 nitrogen and oxygen atoms in total. The molecule has 2 saturated heterocycles. The third-order valence-electron chi connectivity index (χ3n) is 4.35. The first-order valence-electron chi connectivity index (χ1n) is 6.95. The van der Waals surface area contributed by atoms with E-state index in [1.165, 1.54) is 20.0 Å². The summed E-state index contributed by atoms with van der Waals surface area (Å²) in [5, 5.41) is 0. The number of hydrazine groups is 1. The molecule has 3 N–H and O–H groups in total. The van der Waals surface area contributed by atoms with Crippen molar-refractivity contribution < 1.29 is 4.74 Å². The second-order valence-electron chi connectivity index (χ2n) is 5.38. The number of nitrogens with one attached hydrogen (secondary N) is 1. The minimum atomic E-state index is 0.283. The molecule has 0 saturated carbocycles. The average Bonchev–Trinajstić information content (AvgIpc) is 2.71.